The van der Waals surface area contributed by atoms with Gasteiger partial charge in [-0.15, -0.1) is 0 Å². The van der Waals surface area contributed by atoms with Crippen molar-refractivity contribution in [2.75, 3.05) is 0 Å². The first-order valence-electron chi connectivity index (χ1n) is 5.18. The quantitative estimate of drug-likeness (QED) is 0.816. The smallest absolute Gasteiger partial charge is 0.0431 e. The molecule has 2 aliphatic rings. The minimum atomic E-state index is -0.0450. The number of nitrogens with two attached hydrogens (primary N) is 1. The summed E-state index contributed by atoms with van der Waals surface area (Å²) in [6.45, 7) is 0. The third-order valence-electron chi connectivity index (χ3n) is 3.75. The fourth-order valence-corrected chi connectivity index (χ4v) is 3.55. The van der Waals surface area contributed by atoms with E-state index in [1.807, 2.05) is 6.07 Å². The van der Waals surface area contributed by atoms with Gasteiger partial charge in [-0.25, -0.2) is 0 Å². The Bertz CT molecular complexity index is 374. The number of hydrogen-bond donors (Lipinski definition) is 1. The molecule has 3 rings (SSSR count). The van der Waals surface area contributed by atoms with E-state index in [1.165, 1.54) is 31.2 Å². The molecule has 2 fully saturated rings. The molecule has 1 nitrogen and oxygen atoms in total. The van der Waals surface area contributed by atoms with Crippen molar-refractivity contribution in [1.29, 1.82) is 0 Å². The molecule has 1 aromatic rings. The third kappa shape index (κ3) is 1.17. The molecule has 0 heterocycles. The van der Waals surface area contributed by atoms with E-state index in [-0.39, 0.29) is 5.54 Å². The fraction of sp³-hybridized carbons (Fsp3) is 0.500. The molecule has 2 saturated carbocycles. The zero-order valence-electron chi connectivity index (χ0n) is 8.09. The predicted octanol–water partition coefficient (Wildman–Crippen LogP) is 3.18. The van der Waals surface area contributed by atoms with Crippen LogP contribution in [0.25, 0.3) is 0 Å². The van der Waals surface area contributed by atoms with Crippen LogP contribution in [0, 0.1) is 5.41 Å². The molecule has 0 amide bonds. The Balaban J connectivity index is 1.92. The average Bonchev–Trinajstić information content (AvgIpc) is 2.84. The van der Waals surface area contributed by atoms with E-state index in [2.05, 4.69) is 34.1 Å². The van der Waals surface area contributed by atoms with E-state index in [0.29, 0.717) is 5.41 Å². The highest BCUT2D eigenvalue weighted by Crippen LogP contribution is 2.67. The van der Waals surface area contributed by atoms with Crippen LogP contribution in [0.3, 0.4) is 0 Å². The van der Waals surface area contributed by atoms with Gasteiger partial charge in [-0.05, 0) is 42.7 Å². The first kappa shape index (κ1) is 8.93. The molecule has 0 unspecified atom stereocenters. The number of halogens is 1. The van der Waals surface area contributed by atoms with E-state index in [4.69, 9.17) is 5.73 Å². The molecule has 2 aliphatic carbocycles. The summed E-state index contributed by atoms with van der Waals surface area (Å²) in [5.74, 6) is 0. The van der Waals surface area contributed by atoms with Crippen LogP contribution >= 0.6 is 15.9 Å². The summed E-state index contributed by atoms with van der Waals surface area (Å²) in [4.78, 5) is 0. The lowest BCUT2D eigenvalue weighted by Gasteiger charge is -2.46. The molecule has 1 spiro atoms. The van der Waals surface area contributed by atoms with Crippen LogP contribution in [0.1, 0.15) is 31.2 Å². The Hall–Kier alpha value is -0.340. The predicted molar refractivity (Wildman–Crippen MR) is 60.9 cm³/mol. The zero-order chi connectivity index (χ0) is 9.81. The van der Waals surface area contributed by atoms with Gasteiger partial charge in [0.2, 0.25) is 0 Å². The maximum atomic E-state index is 6.41. The van der Waals surface area contributed by atoms with Gasteiger partial charge in [-0.2, -0.15) is 0 Å². The Morgan fingerprint density at radius 2 is 1.79 bits per heavy atom. The average molecular weight is 252 g/mol. The third-order valence-corrected chi connectivity index (χ3v) is 4.44. The molecule has 0 aliphatic heterocycles. The second-order valence-electron chi connectivity index (χ2n) is 4.99. The minimum Gasteiger partial charge on any atom is -0.321 e. The van der Waals surface area contributed by atoms with Crippen molar-refractivity contribution in [3.05, 3.63) is 34.3 Å². The summed E-state index contributed by atoms with van der Waals surface area (Å²) in [6.07, 6.45) is 5.16. The Morgan fingerprint density at radius 3 is 2.36 bits per heavy atom. The van der Waals surface area contributed by atoms with Crippen LogP contribution in [0.2, 0.25) is 0 Å². The summed E-state index contributed by atoms with van der Waals surface area (Å²) in [7, 11) is 0. The summed E-state index contributed by atoms with van der Waals surface area (Å²) >= 11 is 3.58. The molecule has 2 heteroatoms. The van der Waals surface area contributed by atoms with Crippen molar-refractivity contribution in [1.82, 2.24) is 0 Å². The van der Waals surface area contributed by atoms with Crippen molar-refractivity contribution >= 4 is 15.9 Å². The lowest BCUT2D eigenvalue weighted by molar-refractivity contribution is 0.124. The molecule has 0 bridgehead atoms. The largest absolute Gasteiger partial charge is 0.321 e. The number of rotatable bonds is 1. The van der Waals surface area contributed by atoms with Gasteiger partial charge in [0.1, 0.15) is 0 Å². The molecule has 14 heavy (non-hydrogen) atoms. The van der Waals surface area contributed by atoms with Crippen LogP contribution in [-0.2, 0) is 5.54 Å². The highest BCUT2D eigenvalue weighted by Gasteiger charge is 2.60. The molecule has 74 valence electrons. The Morgan fingerprint density at radius 1 is 1.14 bits per heavy atom. The van der Waals surface area contributed by atoms with Crippen molar-refractivity contribution in [3.8, 4) is 0 Å². The molecule has 0 atom stereocenters. The minimum absolute atomic E-state index is 0.0450. The topological polar surface area (TPSA) is 26.0 Å². The molecule has 0 saturated heterocycles. The van der Waals surface area contributed by atoms with E-state index >= 15 is 0 Å². The van der Waals surface area contributed by atoms with Gasteiger partial charge < -0.3 is 5.73 Å². The maximum Gasteiger partial charge on any atom is 0.0431 e. The van der Waals surface area contributed by atoms with Gasteiger partial charge in [0.05, 0.1) is 0 Å². The SMILES string of the molecule is NC1(c2ccccc2Br)CC2(CC2)C1. The van der Waals surface area contributed by atoms with Crippen LogP contribution in [0.15, 0.2) is 28.7 Å². The van der Waals surface area contributed by atoms with Crippen molar-refractivity contribution in [3.63, 3.8) is 0 Å². The van der Waals surface area contributed by atoms with Crippen molar-refractivity contribution in [2.45, 2.75) is 31.2 Å². The highest BCUT2D eigenvalue weighted by molar-refractivity contribution is 9.10. The standard InChI is InChI=1S/C12H14BrN/c13-10-4-2-1-3-9(10)12(14)7-11(8-12)5-6-11/h1-4H,5-8,14H2. The van der Waals surface area contributed by atoms with E-state index in [0.717, 1.165) is 4.47 Å². The lowest BCUT2D eigenvalue weighted by Crippen LogP contribution is -2.50. The van der Waals surface area contributed by atoms with Crippen molar-refractivity contribution in [2.24, 2.45) is 11.1 Å². The van der Waals surface area contributed by atoms with E-state index < -0.39 is 0 Å². The number of hydrogen-bond acceptors (Lipinski definition) is 1. The zero-order valence-corrected chi connectivity index (χ0v) is 9.68. The van der Waals surface area contributed by atoms with Crippen LogP contribution < -0.4 is 5.73 Å². The molecular weight excluding hydrogens is 238 g/mol. The van der Waals surface area contributed by atoms with Gasteiger partial charge in [-0.3, -0.25) is 0 Å². The summed E-state index contributed by atoms with van der Waals surface area (Å²) < 4.78 is 1.16. The van der Waals surface area contributed by atoms with Gasteiger partial charge in [0.25, 0.3) is 0 Å². The van der Waals surface area contributed by atoms with Crippen LogP contribution in [0.4, 0.5) is 0 Å². The molecule has 0 aromatic heterocycles. The van der Waals surface area contributed by atoms with Gasteiger partial charge in [0, 0.05) is 10.0 Å². The molecule has 0 radical (unpaired) electrons. The summed E-state index contributed by atoms with van der Waals surface area (Å²) in [5, 5.41) is 0. The van der Waals surface area contributed by atoms with E-state index in [1.54, 1.807) is 0 Å². The maximum absolute atomic E-state index is 6.41. The van der Waals surface area contributed by atoms with Gasteiger partial charge in [-0.1, -0.05) is 34.1 Å². The van der Waals surface area contributed by atoms with Crippen LogP contribution in [0.5, 0.6) is 0 Å². The number of benzene rings is 1. The van der Waals surface area contributed by atoms with E-state index in [9.17, 15) is 0 Å². The second kappa shape index (κ2) is 2.61. The van der Waals surface area contributed by atoms with Crippen molar-refractivity contribution < 1.29 is 0 Å². The molecule has 1 aromatic carbocycles. The monoisotopic (exact) mass is 251 g/mol. The molecule has 2 N–H and O–H groups in total. The summed E-state index contributed by atoms with van der Waals surface area (Å²) in [5.41, 5.74) is 8.31. The summed E-state index contributed by atoms with van der Waals surface area (Å²) in [6, 6.07) is 8.36. The Kier molecular flexibility index (Phi) is 1.67. The van der Waals surface area contributed by atoms with Gasteiger partial charge >= 0.3 is 0 Å². The van der Waals surface area contributed by atoms with Gasteiger partial charge in [0.15, 0.2) is 0 Å². The lowest BCUT2D eigenvalue weighted by atomic mass is 9.63. The normalized spacial score (nSPS) is 25.9. The first-order chi connectivity index (χ1) is 6.64. The second-order valence-corrected chi connectivity index (χ2v) is 5.84. The fourth-order valence-electron chi connectivity index (χ4n) is 2.87. The molecular formula is C12H14BrN. The first-order valence-corrected chi connectivity index (χ1v) is 5.97. The van der Waals surface area contributed by atoms with Crippen LogP contribution in [-0.4, -0.2) is 0 Å². The Labute approximate surface area is 92.8 Å². The highest BCUT2D eigenvalue weighted by atomic mass is 79.9.